The van der Waals surface area contributed by atoms with Crippen LogP contribution in [0, 0.1) is 5.82 Å². The van der Waals surface area contributed by atoms with Gasteiger partial charge in [0.2, 0.25) is 0 Å². The van der Waals surface area contributed by atoms with E-state index in [1.807, 2.05) is 36.4 Å². The summed E-state index contributed by atoms with van der Waals surface area (Å²) in [5.41, 5.74) is 3.98. The van der Waals surface area contributed by atoms with Gasteiger partial charge in [0.05, 0.1) is 0 Å². The highest BCUT2D eigenvalue weighted by atomic mass is 19.1. The van der Waals surface area contributed by atoms with Crippen molar-refractivity contribution in [1.82, 2.24) is 0 Å². The highest BCUT2D eigenvalue weighted by Crippen LogP contribution is 2.29. The number of rotatable bonds is 10. The first kappa shape index (κ1) is 26.7. The van der Waals surface area contributed by atoms with Gasteiger partial charge < -0.3 is 18.9 Å². The van der Waals surface area contributed by atoms with Crippen LogP contribution in [-0.2, 0) is 19.1 Å². The molecule has 3 rings (SSSR count). The van der Waals surface area contributed by atoms with Crippen molar-refractivity contribution >= 4 is 11.9 Å². The van der Waals surface area contributed by atoms with E-state index in [1.54, 1.807) is 25.1 Å². The molecule has 0 saturated carbocycles. The van der Waals surface area contributed by atoms with Crippen LogP contribution in [0.2, 0.25) is 0 Å². The Bertz CT molecular complexity index is 1350. The molecule has 188 valence electrons. The fourth-order valence-corrected chi connectivity index (χ4v) is 2.94. The molecule has 6 nitrogen and oxygen atoms in total. The highest BCUT2D eigenvalue weighted by Gasteiger charge is 2.07. The summed E-state index contributed by atoms with van der Waals surface area (Å²) >= 11 is 0. The third-order valence-electron chi connectivity index (χ3n) is 4.90. The normalized spacial score (nSPS) is 10.8. The van der Waals surface area contributed by atoms with E-state index < -0.39 is 17.8 Å². The summed E-state index contributed by atoms with van der Waals surface area (Å²) in [4.78, 5) is 22.6. The predicted molar refractivity (Wildman–Crippen MR) is 139 cm³/mol. The van der Waals surface area contributed by atoms with E-state index in [2.05, 4.69) is 13.2 Å². The molecule has 0 heterocycles. The van der Waals surface area contributed by atoms with E-state index in [-0.39, 0.29) is 11.3 Å². The fraction of sp³-hybridized carbons (Fsp3) is 0.0667. The average molecular weight is 501 g/mol. The second kappa shape index (κ2) is 12.7. The predicted octanol–water partition coefficient (Wildman–Crippen LogP) is 7.10. The van der Waals surface area contributed by atoms with Gasteiger partial charge in [0.1, 0.15) is 30.8 Å². The van der Waals surface area contributed by atoms with Gasteiger partial charge in [0.25, 0.3) is 0 Å². The van der Waals surface area contributed by atoms with E-state index in [0.717, 1.165) is 35.5 Å². The molecule has 0 unspecified atom stereocenters. The van der Waals surface area contributed by atoms with Gasteiger partial charge in [-0.2, -0.15) is 0 Å². The zero-order chi connectivity index (χ0) is 26.8. The Morgan fingerprint density at radius 1 is 0.649 bits per heavy atom. The fourth-order valence-electron chi connectivity index (χ4n) is 2.94. The van der Waals surface area contributed by atoms with Gasteiger partial charge in [-0.15, -0.1) is 0 Å². The Hall–Kier alpha value is -4.91. The van der Waals surface area contributed by atoms with Crippen LogP contribution in [0.15, 0.2) is 116 Å². The number of hydrogen-bond acceptors (Lipinski definition) is 6. The lowest BCUT2D eigenvalue weighted by Gasteiger charge is -2.08. The van der Waals surface area contributed by atoms with Gasteiger partial charge in [-0.25, -0.2) is 14.0 Å². The van der Waals surface area contributed by atoms with Crippen molar-refractivity contribution in [3.63, 3.8) is 0 Å². The zero-order valence-electron chi connectivity index (χ0n) is 20.4. The van der Waals surface area contributed by atoms with Crippen LogP contribution < -0.4 is 9.47 Å². The van der Waals surface area contributed by atoms with Gasteiger partial charge in [0.15, 0.2) is 11.6 Å². The molecule has 0 aliphatic rings. The molecule has 0 atom stereocenters. The summed E-state index contributed by atoms with van der Waals surface area (Å²) in [6.45, 7) is 10.0. The Balaban J connectivity index is 1.59. The molecule has 0 aromatic heterocycles. The first-order valence-corrected chi connectivity index (χ1v) is 11.1. The van der Waals surface area contributed by atoms with Crippen LogP contribution in [0.5, 0.6) is 11.5 Å². The second-order valence-electron chi connectivity index (χ2n) is 7.90. The number of carbonyl (C=O) groups excluding carboxylic acids is 2. The van der Waals surface area contributed by atoms with Crippen molar-refractivity contribution in [2.75, 3.05) is 0 Å². The first-order valence-electron chi connectivity index (χ1n) is 11.1. The third kappa shape index (κ3) is 7.80. The number of esters is 2. The van der Waals surface area contributed by atoms with E-state index in [0.29, 0.717) is 16.9 Å². The summed E-state index contributed by atoms with van der Waals surface area (Å²) in [5, 5.41) is 0. The number of halogens is 1. The van der Waals surface area contributed by atoms with Crippen LogP contribution in [0.25, 0.3) is 22.3 Å². The van der Waals surface area contributed by atoms with E-state index in [1.165, 1.54) is 25.3 Å². The molecule has 0 aliphatic heterocycles. The number of carbonyl (C=O) groups is 2. The molecule has 0 saturated heterocycles. The summed E-state index contributed by atoms with van der Waals surface area (Å²) in [6, 6.07) is 19.6. The van der Waals surface area contributed by atoms with Gasteiger partial charge in [-0.05, 0) is 60.4 Å². The third-order valence-corrected chi connectivity index (χ3v) is 4.90. The van der Waals surface area contributed by atoms with E-state index in [4.69, 9.17) is 18.9 Å². The molecule has 0 bridgehead atoms. The monoisotopic (exact) mass is 500 g/mol. The zero-order valence-corrected chi connectivity index (χ0v) is 20.4. The molecule has 0 amide bonds. The molecule has 3 aromatic rings. The van der Waals surface area contributed by atoms with Crippen molar-refractivity contribution in [2.45, 2.75) is 13.8 Å². The smallest absolute Gasteiger partial charge is 0.338 e. The summed E-state index contributed by atoms with van der Waals surface area (Å²) in [5.74, 6) is -1.11. The van der Waals surface area contributed by atoms with Gasteiger partial charge >= 0.3 is 11.9 Å². The number of benzene rings is 3. The van der Waals surface area contributed by atoms with Crippen LogP contribution in [0.4, 0.5) is 4.39 Å². The summed E-state index contributed by atoms with van der Waals surface area (Å²) in [6.07, 6.45) is 4.54. The van der Waals surface area contributed by atoms with Crippen LogP contribution in [-0.4, -0.2) is 11.9 Å². The van der Waals surface area contributed by atoms with Crippen LogP contribution in [0.3, 0.4) is 0 Å². The molecule has 0 spiro atoms. The molecule has 7 heteroatoms. The van der Waals surface area contributed by atoms with Crippen molar-refractivity contribution in [1.29, 1.82) is 0 Å². The largest absolute Gasteiger partial charge is 0.462 e. The lowest BCUT2D eigenvalue weighted by Crippen LogP contribution is -1.99. The maximum Gasteiger partial charge on any atom is 0.338 e. The Morgan fingerprint density at radius 3 is 1.57 bits per heavy atom. The minimum absolute atomic E-state index is 0.00544. The second-order valence-corrected chi connectivity index (χ2v) is 7.90. The highest BCUT2D eigenvalue weighted by molar-refractivity contribution is 5.87. The van der Waals surface area contributed by atoms with Crippen molar-refractivity contribution < 1.29 is 32.9 Å². The minimum Gasteiger partial charge on any atom is -0.462 e. The molecule has 3 aromatic carbocycles. The number of ether oxygens (including phenoxy) is 4. The standard InChI is InChI=1S/C30H25FO6/c1-20(2)29(32)36-17-15-34-26-12-9-23(10-13-26)22-5-7-24(8-6-22)25-11-14-28(27(31)19-25)35-16-18-37-30(33)21(3)4/h5-19H,1,3H2,2,4H3. The Kier molecular flexibility index (Phi) is 9.16. The average Bonchev–Trinajstić information content (AvgIpc) is 2.89. The lowest BCUT2D eigenvalue weighted by atomic mass is 10.00. The molecule has 0 N–H and O–H groups in total. The maximum absolute atomic E-state index is 14.5. The van der Waals surface area contributed by atoms with Gasteiger partial charge in [0, 0.05) is 11.1 Å². The quantitative estimate of drug-likeness (QED) is 0.168. The van der Waals surface area contributed by atoms with Crippen molar-refractivity contribution in [3.05, 3.63) is 122 Å². The molecule has 37 heavy (non-hydrogen) atoms. The minimum atomic E-state index is -0.598. The van der Waals surface area contributed by atoms with Gasteiger partial charge in [-0.3, -0.25) is 0 Å². The maximum atomic E-state index is 14.5. The van der Waals surface area contributed by atoms with E-state index in [9.17, 15) is 14.0 Å². The Labute approximate surface area is 214 Å². The first-order chi connectivity index (χ1) is 17.7. The molecule has 0 radical (unpaired) electrons. The number of hydrogen-bond donors (Lipinski definition) is 0. The molecule has 0 fully saturated rings. The van der Waals surface area contributed by atoms with Gasteiger partial charge in [-0.1, -0.05) is 55.6 Å². The van der Waals surface area contributed by atoms with Crippen LogP contribution in [0.1, 0.15) is 13.8 Å². The lowest BCUT2D eigenvalue weighted by molar-refractivity contribution is -0.134. The van der Waals surface area contributed by atoms with Crippen molar-refractivity contribution in [2.24, 2.45) is 0 Å². The summed E-state index contributed by atoms with van der Waals surface area (Å²) in [7, 11) is 0. The molecular formula is C30H25FO6. The SMILES string of the molecule is C=C(C)C(=O)OC=COc1ccc(-c2ccc(-c3ccc(OC=COC(=O)C(=C)C)c(F)c3)cc2)cc1. The van der Waals surface area contributed by atoms with Crippen molar-refractivity contribution in [3.8, 4) is 33.8 Å². The summed E-state index contributed by atoms with van der Waals surface area (Å²) < 4.78 is 34.7. The van der Waals surface area contributed by atoms with E-state index >= 15 is 0 Å². The topological polar surface area (TPSA) is 71.1 Å². The molecule has 0 aliphatic carbocycles. The van der Waals surface area contributed by atoms with Crippen LogP contribution >= 0.6 is 0 Å². The Morgan fingerprint density at radius 2 is 1.08 bits per heavy atom. The molecular weight excluding hydrogens is 475 g/mol.